The molecular weight excluding hydrogens is 521 g/mol. The summed E-state index contributed by atoms with van der Waals surface area (Å²) in [5.41, 5.74) is 1.22. The number of aryl methyl sites for hydroxylation is 1. The second-order valence-electron chi connectivity index (χ2n) is 9.45. The van der Waals surface area contributed by atoms with Gasteiger partial charge in [0.15, 0.2) is 0 Å². The van der Waals surface area contributed by atoms with E-state index >= 15 is 0 Å². The predicted molar refractivity (Wildman–Crippen MR) is 148 cm³/mol. The molecular formula is C29H34FN3O5S. The van der Waals surface area contributed by atoms with Crippen LogP contribution in [0.3, 0.4) is 0 Å². The molecule has 2 amide bonds. The first-order valence-electron chi connectivity index (χ1n) is 12.5. The number of hydrogen-bond acceptors (Lipinski definition) is 5. The molecule has 1 atom stereocenters. The van der Waals surface area contributed by atoms with Crippen LogP contribution in [-0.2, 0) is 26.2 Å². The molecule has 0 spiro atoms. The van der Waals surface area contributed by atoms with Gasteiger partial charge >= 0.3 is 0 Å². The van der Waals surface area contributed by atoms with Crippen LogP contribution in [0.1, 0.15) is 31.9 Å². The highest BCUT2D eigenvalue weighted by Gasteiger charge is 2.34. The summed E-state index contributed by atoms with van der Waals surface area (Å²) in [5, 5.41) is 2.76. The van der Waals surface area contributed by atoms with E-state index in [1.54, 1.807) is 50.2 Å². The van der Waals surface area contributed by atoms with Gasteiger partial charge in [0.1, 0.15) is 24.2 Å². The lowest BCUT2D eigenvalue weighted by molar-refractivity contribution is -0.139. The van der Waals surface area contributed by atoms with Crippen LogP contribution in [-0.4, -0.2) is 50.9 Å². The minimum Gasteiger partial charge on any atom is -0.495 e. The summed E-state index contributed by atoms with van der Waals surface area (Å²) in [5.74, 6) is -1.43. The number of methoxy groups -OCH3 is 1. The van der Waals surface area contributed by atoms with Crippen LogP contribution in [0, 0.1) is 12.7 Å². The molecule has 10 heteroatoms. The quantitative estimate of drug-likeness (QED) is 0.381. The van der Waals surface area contributed by atoms with Crippen LogP contribution < -0.4 is 14.4 Å². The molecule has 0 unspecified atom stereocenters. The van der Waals surface area contributed by atoms with Crippen molar-refractivity contribution in [3.05, 3.63) is 89.7 Å². The number of nitrogens with one attached hydrogen (secondary N) is 1. The fourth-order valence-electron chi connectivity index (χ4n) is 3.98. The average molecular weight is 556 g/mol. The molecule has 8 nitrogen and oxygen atoms in total. The van der Waals surface area contributed by atoms with E-state index in [1.165, 1.54) is 55.3 Å². The Morgan fingerprint density at radius 2 is 1.56 bits per heavy atom. The molecule has 0 aliphatic carbocycles. The number of para-hydroxylation sites is 2. The summed E-state index contributed by atoms with van der Waals surface area (Å²) in [6.45, 7) is 6.05. The van der Waals surface area contributed by atoms with Crippen molar-refractivity contribution >= 4 is 27.5 Å². The topological polar surface area (TPSA) is 96.0 Å². The molecule has 0 fully saturated rings. The molecule has 3 aromatic carbocycles. The highest BCUT2D eigenvalue weighted by Crippen LogP contribution is 2.32. The van der Waals surface area contributed by atoms with E-state index in [2.05, 4.69) is 5.32 Å². The molecule has 3 rings (SSSR count). The normalized spacial score (nSPS) is 12.1. The lowest BCUT2D eigenvalue weighted by atomic mass is 10.1. The Hall–Kier alpha value is -3.92. The molecule has 208 valence electrons. The minimum absolute atomic E-state index is 0.0157. The largest absolute Gasteiger partial charge is 0.495 e. The first-order valence-corrected chi connectivity index (χ1v) is 14.0. The minimum atomic E-state index is -4.25. The maximum absolute atomic E-state index is 14.6. The summed E-state index contributed by atoms with van der Waals surface area (Å²) in [7, 11) is -2.84. The maximum Gasteiger partial charge on any atom is 0.264 e. The Morgan fingerprint density at radius 1 is 0.949 bits per heavy atom. The Balaban J connectivity index is 2.08. The van der Waals surface area contributed by atoms with Gasteiger partial charge < -0.3 is 15.0 Å². The molecule has 39 heavy (non-hydrogen) atoms. The van der Waals surface area contributed by atoms with Crippen LogP contribution in [0.15, 0.2) is 77.7 Å². The Labute approximate surface area is 229 Å². The standard InChI is InChI=1S/C29H34FN3O5S/c1-20(2)31-29(35)22(4)32(18-23-10-6-7-11-25(23)30)28(34)19-33(26-12-8-9-13-27(26)38-5)39(36,37)24-16-14-21(3)15-17-24/h6-17,20,22H,18-19H2,1-5H3,(H,31,35)/t22-/m0/s1. The van der Waals surface area contributed by atoms with Gasteiger partial charge in [0, 0.05) is 18.2 Å². The smallest absolute Gasteiger partial charge is 0.264 e. The number of sulfonamides is 1. The second kappa shape index (κ2) is 12.8. The number of hydrogen-bond donors (Lipinski definition) is 1. The zero-order valence-corrected chi connectivity index (χ0v) is 23.5. The van der Waals surface area contributed by atoms with E-state index in [4.69, 9.17) is 4.74 Å². The van der Waals surface area contributed by atoms with E-state index < -0.39 is 40.2 Å². The summed E-state index contributed by atoms with van der Waals surface area (Å²) in [4.78, 5) is 28.0. The lowest BCUT2D eigenvalue weighted by Gasteiger charge is -2.32. The van der Waals surface area contributed by atoms with Crippen molar-refractivity contribution in [2.75, 3.05) is 18.0 Å². The van der Waals surface area contributed by atoms with Gasteiger partial charge in [-0.15, -0.1) is 0 Å². The zero-order chi connectivity index (χ0) is 28.7. The van der Waals surface area contributed by atoms with Gasteiger partial charge in [0.05, 0.1) is 17.7 Å². The number of carbonyl (C=O) groups is 2. The maximum atomic E-state index is 14.6. The second-order valence-corrected chi connectivity index (χ2v) is 11.3. The third kappa shape index (κ3) is 7.14. The first-order chi connectivity index (χ1) is 18.4. The summed E-state index contributed by atoms with van der Waals surface area (Å²) < 4.78 is 48.8. The van der Waals surface area contributed by atoms with Gasteiger partial charge in [0.25, 0.3) is 10.0 Å². The van der Waals surface area contributed by atoms with E-state index in [0.29, 0.717) is 0 Å². The SMILES string of the molecule is COc1ccccc1N(CC(=O)N(Cc1ccccc1F)[C@@H](C)C(=O)NC(C)C)S(=O)(=O)c1ccc(C)cc1. The number of anilines is 1. The summed E-state index contributed by atoms with van der Waals surface area (Å²) >= 11 is 0. The number of amides is 2. The molecule has 0 radical (unpaired) electrons. The van der Waals surface area contributed by atoms with Crippen LogP contribution in [0.5, 0.6) is 5.75 Å². The molecule has 0 aromatic heterocycles. The monoisotopic (exact) mass is 555 g/mol. The first kappa shape index (κ1) is 29.6. The molecule has 0 saturated heterocycles. The van der Waals surface area contributed by atoms with Crippen molar-refractivity contribution in [1.29, 1.82) is 0 Å². The van der Waals surface area contributed by atoms with Gasteiger partial charge in [-0.25, -0.2) is 12.8 Å². The fraction of sp³-hybridized carbons (Fsp3) is 0.310. The molecule has 0 aliphatic rings. The van der Waals surface area contributed by atoms with Gasteiger partial charge in [-0.3, -0.25) is 13.9 Å². The number of halogens is 1. The van der Waals surface area contributed by atoms with Crippen LogP contribution >= 0.6 is 0 Å². The molecule has 0 saturated carbocycles. The third-order valence-electron chi connectivity index (χ3n) is 6.14. The van der Waals surface area contributed by atoms with Crippen molar-refractivity contribution in [3.8, 4) is 5.75 Å². The number of benzene rings is 3. The van der Waals surface area contributed by atoms with Crippen molar-refractivity contribution in [1.82, 2.24) is 10.2 Å². The molecule has 3 aromatic rings. The number of carbonyl (C=O) groups excluding carboxylic acids is 2. The van der Waals surface area contributed by atoms with Gasteiger partial charge in [0.2, 0.25) is 11.8 Å². The number of nitrogens with zero attached hydrogens (tertiary/aromatic N) is 2. The number of rotatable bonds is 11. The fourth-order valence-corrected chi connectivity index (χ4v) is 5.41. The summed E-state index contributed by atoms with van der Waals surface area (Å²) in [6.07, 6.45) is 0. The zero-order valence-electron chi connectivity index (χ0n) is 22.7. The van der Waals surface area contributed by atoms with Gasteiger partial charge in [-0.2, -0.15) is 0 Å². The van der Waals surface area contributed by atoms with Crippen molar-refractivity contribution in [3.63, 3.8) is 0 Å². The van der Waals surface area contributed by atoms with Crippen molar-refractivity contribution in [2.45, 2.75) is 51.2 Å². The van der Waals surface area contributed by atoms with Crippen molar-refractivity contribution < 1.29 is 27.1 Å². The van der Waals surface area contributed by atoms with E-state index in [9.17, 15) is 22.4 Å². The van der Waals surface area contributed by atoms with E-state index in [0.717, 1.165) is 9.87 Å². The molecule has 0 aliphatic heterocycles. The van der Waals surface area contributed by atoms with E-state index in [1.807, 2.05) is 6.92 Å². The predicted octanol–water partition coefficient (Wildman–Crippen LogP) is 4.28. The third-order valence-corrected chi connectivity index (χ3v) is 7.91. The van der Waals surface area contributed by atoms with Crippen LogP contribution in [0.4, 0.5) is 10.1 Å². The van der Waals surface area contributed by atoms with Gasteiger partial charge in [-0.05, 0) is 58.0 Å². The molecule has 0 bridgehead atoms. The van der Waals surface area contributed by atoms with Crippen molar-refractivity contribution in [2.24, 2.45) is 0 Å². The summed E-state index contributed by atoms with van der Waals surface area (Å²) in [6, 6.07) is 17.4. The van der Waals surface area contributed by atoms with E-state index in [-0.39, 0.29) is 34.5 Å². The Morgan fingerprint density at radius 3 is 2.18 bits per heavy atom. The lowest BCUT2D eigenvalue weighted by Crippen LogP contribution is -2.52. The highest BCUT2D eigenvalue weighted by atomic mass is 32.2. The highest BCUT2D eigenvalue weighted by molar-refractivity contribution is 7.92. The molecule has 1 N–H and O–H groups in total. The van der Waals surface area contributed by atoms with Crippen LogP contribution in [0.25, 0.3) is 0 Å². The number of ether oxygens (including phenoxy) is 1. The Bertz CT molecular complexity index is 1410. The Kier molecular flexibility index (Phi) is 9.69. The molecule has 0 heterocycles. The average Bonchev–Trinajstić information content (AvgIpc) is 2.90. The van der Waals surface area contributed by atoms with Crippen LogP contribution in [0.2, 0.25) is 0 Å². The van der Waals surface area contributed by atoms with Gasteiger partial charge in [-0.1, -0.05) is 48.0 Å².